The number of hydrogen-bond acceptors (Lipinski definition) is 0. The topological polar surface area (TPSA) is 0 Å². The second-order valence-electron chi connectivity index (χ2n) is 6.89. The van der Waals surface area contributed by atoms with Gasteiger partial charge in [0.25, 0.3) is 0 Å². The van der Waals surface area contributed by atoms with Gasteiger partial charge >= 0.3 is 0 Å². The Hall–Kier alpha value is -1.56. The largest absolute Gasteiger partial charge is 0.0733 e. The zero-order valence-corrected chi connectivity index (χ0v) is 11.9. The lowest BCUT2D eigenvalue weighted by molar-refractivity contribution is 0.563. The summed E-state index contributed by atoms with van der Waals surface area (Å²) in [5, 5.41) is 3.21. The molecular formula is C20H20. The van der Waals surface area contributed by atoms with Crippen LogP contribution in [0, 0.1) is 0 Å². The van der Waals surface area contributed by atoms with Crippen LogP contribution in [0.3, 0.4) is 0 Å². The molecule has 0 heterocycles. The number of fused-ring (bicyclic) bond motifs is 1. The van der Waals surface area contributed by atoms with Crippen molar-refractivity contribution in [3.63, 3.8) is 0 Å². The van der Waals surface area contributed by atoms with Gasteiger partial charge in [0, 0.05) is 5.41 Å². The Morgan fingerprint density at radius 3 is 2.30 bits per heavy atom. The van der Waals surface area contributed by atoms with Crippen LogP contribution in [0.4, 0.5) is 0 Å². The van der Waals surface area contributed by atoms with Crippen LogP contribution in [0.25, 0.3) is 16.8 Å². The van der Waals surface area contributed by atoms with Crippen LogP contribution >= 0.6 is 0 Å². The van der Waals surface area contributed by atoms with Gasteiger partial charge < -0.3 is 0 Å². The molecule has 20 heavy (non-hydrogen) atoms. The molecule has 0 saturated heterocycles. The minimum atomic E-state index is 0.363. The fraction of sp³-hybridized carbons (Fsp3) is 0.400. The third-order valence-electron chi connectivity index (χ3n) is 5.87. The van der Waals surface area contributed by atoms with Gasteiger partial charge in [-0.1, -0.05) is 49.3 Å². The molecule has 0 heteroatoms. The minimum absolute atomic E-state index is 0.363. The molecule has 1 saturated carbocycles. The quantitative estimate of drug-likeness (QED) is 0.613. The van der Waals surface area contributed by atoms with Crippen LogP contribution in [0.1, 0.15) is 54.4 Å². The number of hydrogen-bond donors (Lipinski definition) is 0. The highest BCUT2D eigenvalue weighted by Gasteiger charge is 2.37. The summed E-state index contributed by atoms with van der Waals surface area (Å²) in [5.74, 6) is 0. The van der Waals surface area contributed by atoms with Crippen molar-refractivity contribution in [1.82, 2.24) is 0 Å². The average Bonchev–Trinajstić information content (AvgIpc) is 2.96. The van der Waals surface area contributed by atoms with Crippen molar-refractivity contribution in [3.05, 3.63) is 52.6 Å². The van der Waals surface area contributed by atoms with Crippen molar-refractivity contribution in [2.45, 2.75) is 50.4 Å². The van der Waals surface area contributed by atoms with E-state index in [-0.39, 0.29) is 0 Å². The molecule has 2 aromatic carbocycles. The molecule has 1 fully saturated rings. The van der Waals surface area contributed by atoms with E-state index in [0.29, 0.717) is 5.41 Å². The van der Waals surface area contributed by atoms with E-state index in [1.54, 1.807) is 27.5 Å². The van der Waals surface area contributed by atoms with Crippen molar-refractivity contribution in [3.8, 4) is 0 Å². The highest BCUT2D eigenvalue weighted by Crippen LogP contribution is 2.50. The van der Waals surface area contributed by atoms with E-state index in [4.69, 9.17) is 0 Å². The summed E-state index contributed by atoms with van der Waals surface area (Å²) in [6, 6.07) is 9.63. The van der Waals surface area contributed by atoms with E-state index in [1.165, 1.54) is 50.5 Å². The smallest absolute Gasteiger partial charge is 0.0141 e. The summed E-state index contributed by atoms with van der Waals surface area (Å²) in [7, 11) is 0. The van der Waals surface area contributed by atoms with Gasteiger partial charge in [-0.2, -0.15) is 0 Å². The first-order valence-electron chi connectivity index (χ1n) is 8.15. The highest BCUT2D eigenvalue weighted by molar-refractivity contribution is 6.00. The summed E-state index contributed by atoms with van der Waals surface area (Å²) in [6.07, 6.45) is 14.3. The Kier molecular flexibility index (Phi) is 2.09. The maximum absolute atomic E-state index is 2.52. The van der Waals surface area contributed by atoms with Gasteiger partial charge in [-0.05, 0) is 65.1 Å². The van der Waals surface area contributed by atoms with Gasteiger partial charge in [0.1, 0.15) is 0 Å². The molecule has 0 amide bonds. The third kappa shape index (κ3) is 1.28. The molecule has 0 unspecified atom stereocenters. The van der Waals surface area contributed by atoms with Crippen molar-refractivity contribution < 1.29 is 0 Å². The Balaban J connectivity index is 1.92. The number of benzene rings is 2. The second kappa shape index (κ2) is 3.75. The zero-order chi connectivity index (χ0) is 13.2. The van der Waals surface area contributed by atoms with Crippen molar-refractivity contribution in [2.75, 3.05) is 0 Å². The molecule has 0 bridgehead atoms. The zero-order valence-electron chi connectivity index (χ0n) is 11.9. The first-order valence-corrected chi connectivity index (χ1v) is 8.15. The molecule has 0 atom stereocenters. The number of allylic oxidation sites excluding steroid dienone is 1. The molecule has 100 valence electrons. The summed E-state index contributed by atoms with van der Waals surface area (Å²) in [6.45, 7) is 0. The van der Waals surface area contributed by atoms with Gasteiger partial charge in [-0.3, -0.25) is 0 Å². The molecular weight excluding hydrogens is 240 g/mol. The lowest BCUT2D eigenvalue weighted by Gasteiger charge is -2.33. The second-order valence-corrected chi connectivity index (χ2v) is 6.89. The van der Waals surface area contributed by atoms with E-state index in [0.717, 1.165) is 0 Å². The maximum Gasteiger partial charge on any atom is 0.0141 e. The van der Waals surface area contributed by atoms with E-state index >= 15 is 0 Å². The fourth-order valence-electron chi connectivity index (χ4n) is 4.89. The SMILES string of the molecule is C1=CC2(CCCC2)c2ccc3c4c(ccc1c24)CCC3. The van der Waals surface area contributed by atoms with Crippen LogP contribution in [0.2, 0.25) is 0 Å². The first kappa shape index (κ1) is 11.1. The van der Waals surface area contributed by atoms with Crippen molar-refractivity contribution >= 4 is 16.8 Å². The standard InChI is InChI=1S/C20H20/c1-2-12-20(11-1)13-10-16-7-6-14-4-3-5-15-8-9-17(20)19(16)18(14)15/h6-10,13H,1-5,11-12H2. The molecule has 0 N–H and O–H groups in total. The maximum atomic E-state index is 2.52. The van der Waals surface area contributed by atoms with Gasteiger partial charge in [0.05, 0.1) is 0 Å². The van der Waals surface area contributed by atoms with E-state index in [1.807, 2.05) is 0 Å². The molecule has 0 aliphatic heterocycles. The monoisotopic (exact) mass is 260 g/mol. The molecule has 1 spiro atoms. The molecule has 5 rings (SSSR count). The number of rotatable bonds is 0. The number of aryl methyl sites for hydroxylation is 2. The third-order valence-corrected chi connectivity index (χ3v) is 5.87. The van der Waals surface area contributed by atoms with Crippen LogP contribution in [-0.2, 0) is 18.3 Å². The summed E-state index contributed by atoms with van der Waals surface area (Å²) < 4.78 is 0. The Morgan fingerprint density at radius 1 is 0.750 bits per heavy atom. The Labute approximate surface area is 120 Å². The van der Waals surface area contributed by atoms with Gasteiger partial charge in [0.2, 0.25) is 0 Å². The molecule has 3 aliphatic rings. The van der Waals surface area contributed by atoms with Crippen LogP contribution in [0.15, 0.2) is 30.3 Å². The van der Waals surface area contributed by atoms with Crippen LogP contribution in [-0.4, -0.2) is 0 Å². The molecule has 2 aromatic rings. The first-order chi connectivity index (χ1) is 9.87. The van der Waals surface area contributed by atoms with Crippen molar-refractivity contribution in [2.24, 2.45) is 0 Å². The summed E-state index contributed by atoms with van der Waals surface area (Å²) in [5.41, 5.74) is 6.64. The van der Waals surface area contributed by atoms with E-state index in [9.17, 15) is 0 Å². The van der Waals surface area contributed by atoms with Gasteiger partial charge in [-0.25, -0.2) is 0 Å². The summed E-state index contributed by atoms with van der Waals surface area (Å²) in [4.78, 5) is 0. The highest BCUT2D eigenvalue weighted by atomic mass is 14.4. The van der Waals surface area contributed by atoms with E-state index < -0.39 is 0 Å². The molecule has 3 aliphatic carbocycles. The Morgan fingerprint density at radius 2 is 1.50 bits per heavy atom. The lowest BCUT2D eigenvalue weighted by Crippen LogP contribution is -2.22. The predicted molar refractivity (Wildman–Crippen MR) is 85.2 cm³/mol. The average molecular weight is 260 g/mol. The van der Waals surface area contributed by atoms with Gasteiger partial charge in [-0.15, -0.1) is 0 Å². The van der Waals surface area contributed by atoms with Crippen LogP contribution < -0.4 is 0 Å². The lowest BCUT2D eigenvalue weighted by atomic mass is 9.70. The normalized spacial score (nSPS) is 21.8. The summed E-state index contributed by atoms with van der Waals surface area (Å²) >= 11 is 0. The molecule has 0 nitrogen and oxygen atoms in total. The molecule has 0 aromatic heterocycles. The van der Waals surface area contributed by atoms with E-state index in [2.05, 4.69) is 36.4 Å². The predicted octanol–water partition coefficient (Wildman–Crippen LogP) is 5.17. The van der Waals surface area contributed by atoms with Gasteiger partial charge in [0.15, 0.2) is 0 Å². The Bertz CT molecular complexity index is 732. The molecule has 0 radical (unpaired) electrons. The van der Waals surface area contributed by atoms with Crippen LogP contribution in [0.5, 0.6) is 0 Å². The van der Waals surface area contributed by atoms with Crippen molar-refractivity contribution in [1.29, 1.82) is 0 Å². The minimum Gasteiger partial charge on any atom is -0.0733 e. The fourth-order valence-corrected chi connectivity index (χ4v) is 4.89.